The summed E-state index contributed by atoms with van der Waals surface area (Å²) in [5.74, 6) is 1.10. The van der Waals surface area contributed by atoms with Gasteiger partial charge in [-0.2, -0.15) is 15.1 Å². The molecule has 2 aromatic heterocycles. The highest BCUT2D eigenvalue weighted by atomic mass is 32.2. The Hall–Kier alpha value is -1.90. The Balaban J connectivity index is 2.26. The Morgan fingerprint density at radius 3 is 2.81 bits per heavy atom. The predicted molar refractivity (Wildman–Crippen MR) is 83.3 cm³/mol. The summed E-state index contributed by atoms with van der Waals surface area (Å²) in [7, 11) is -3.05. The van der Waals surface area contributed by atoms with Gasteiger partial charge >= 0.3 is 0 Å². The molecule has 0 bridgehead atoms. The second-order valence-corrected chi connectivity index (χ2v) is 7.28. The summed E-state index contributed by atoms with van der Waals surface area (Å²) in [6.07, 6.45) is 3.79. The van der Waals surface area contributed by atoms with Crippen LogP contribution in [-0.4, -0.2) is 53.2 Å². The van der Waals surface area contributed by atoms with E-state index < -0.39 is 9.84 Å². The fourth-order valence-corrected chi connectivity index (χ4v) is 2.98. The Kier molecular flexibility index (Phi) is 4.61. The van der Waals surface area contributed by atoms with Crippen molar-refractivity contribution < 1.29 is 8.42 Å². The monoisotopic (exact) mass is 312 g/mol. The average molecular weight is 312 g/mol. The minimum Gasteiger partial charge on any atom is -0.366 e. The summed E-state index contributed by atoms with van der Waals surface area (Å²) >= 11 is 0. The second-order valence-electron chi connectivity index (χ2n) is 5.09. The zero-order valence-electron chi connectivity index (χ0n) is 12.3. The van der Waals surface area contributed by atoms with Crippen molar-refractivity contribution in [3.05, 3.63) is 6.20 Å². The minimum absolute atomic E-state index is 0.0358. The summed E-state index contributed by atoms with van der Waals surface area (Å²) in [5, 5.41) is 13.7. The number of H-pyrrole nitrogens is 1. The lowest BCUT2D eigenvalue weighted by Gasteiger charge is -2.14. The smallest absolute Gasteiger partial charge is 0.226 e. The van der Waals surface area contributed by atoms with Gasteiger partial charge in [0.25, 0.3) is 0 Å². The molecule has 1 atom stereocenters. The molecule has 9 heteroatoms. The quantitative estimate of drug-likeness (QED) is 0.699. The summed E-state index contributed by atoms with van der Waals surface area (Å²) < 4.78 is 22.7. The van der Waals surface area contributed by atoms with Crippen LogP contribution in [0.5, 0.6) is 0 Å². The molecule has 3 N–H and O–H groups in total. The molecule has 116 valence electrons. The third-order valence-electron chi connectivity index (χ3n) is 2.78. The van der Waals surface area contributed by atoms with Crippen LogP contribution in [0.25, 0.3) is 11.0 Å². The van der Waals surface area contributed by atoms with E-state index in [0.717, 1.165) is 18.4 Å². The molecule has 0 aliphatic heterocycles. The second kappa shape index (κ2) is 6.25. The maximum Gasteiger partial charge on any atom is 0.226 e. The lowest BCUT2D eigenvalue weighted by atomic mass is 10.3. The van der Waals surface area contributed by atoms with Crippen LogP contribution < -0.4 is 10.6 Å². The number of aromatic amines is 1. The van der Waals surface area contributed by atoms with E-state index in [1.165, 1.54) is 6.26 Å². The van der Waals surface area contributed by atoms with Gasteiger partial charge in [0.15, 0.2) is 5.65 Å². The van der Waals surface area contributed by atoms with Crippen molar-refractivity contribution in [1.82, 2.24) is 20.2 Å². The molecular weight excluding hydrogens is 292 g/mol. The van der Waals surface area contributed by atoms with Crippen molar-refractivity contribution in [2.24, 2.45) is 0 Å². The van der Waals surface area contributed by atoms with Crippen molar-refractivity contribution in [1.29, 1.82) is 0 Å². The molecule has 0 saturated carbocycles. The van der Waals surface area contributed by atoms with Crippen LogP contribution >= 0.6 is 0 Å². The van der Waals surface area contributed by atoms with Gasteiger partial charge in [0, 0.05) is 18.8 Å². The summed E-state index contributed by atoms with van der Waals surface area (Å²) in [6, 6.07) is -0.257. The van der Waals surface area contributed by atoms with Gasteiger partial charge in [-0.15, -0.1) is 0 Å². The van der Waals surface area contributed by atoms with E-state index in [1.807, 2.05) is 0 Å². The van der Waals surface area contributed by atoms with E-state index in [2.05, 4.69) is 37.7 Å². The largest absolute Gasteiger partial charge is 0.366 e. The van der Waals surface area contributed by atoms with Crippen LogP contribution in [-0.2, 0) is 9.84 Å². The van der Waals surface area contributed by atoms with E-state index in [9.17, 15) is 8.42 Å². The zero-order valence-corrected chi connectivity index (χ0v) is 13.2. The number of hydrogen-bond donors (Lipinski definition) is 3. The van der Waals surface area contributed by atoms with Gasteiger partial charge in [0.05, 0.1) is 17.3 Å². The molecule has 0 fully saturated rings. The third kappa shape index (κ3) is 4.28. The standard InChI is InChI=1S/C12H20N6O2S/c1-4-5-13-12-16-10(9-6-14-18-11(9)17-12)15-8(2)7-21(3,19)20/h6,8H,4-5,7H2,1-3H3,(H3,13,14,15,16,17,18). The molecule has 0 spiro atoms. The number of nitrogens with one attached hydrogen (secondary N) is 3. The van der Waals surface area contributed by atoms with Gasteiger partial charge in [-0.3, -0.25) is 5.10 Å². The summed E-state index contributed by atoms with van der Waals surface area (Å²) in [6.45, 7) is 4.61. The average Bonchev–Trinajstić information content (AvgIpc) is 2.82. The van der Waals surface area contributed by atoms with Crippen LogP contribution in [0.4, 0.5) is 11.8 Å². The Bertz CT molecular complexity index is 712. The van der Waals surface area contributed by atoms with Crippen molar-refractivity contribution in [2.45, 2.75) is 26.3 Å². The molecule has 2 heterocycles. The number of hydrogen-bond acceptors (Lipinski definition) is 7. The Morgan fingerprint density at radius 2 is 2.14 bits per heavy atom. The molecule has 0 radical (unpaired) electrons. The number of nitrogens with zero attached hydrogens (tertiary/aromatic N) is 3. The molecule has 0 aromatic carbocycles. The van der Waals surface area contributed by atoms with Gasteiger partial charge in [0.2, 0.25) is 5.95 Å². The van der Waals surface area contributed by atoms with E-state index in [4.69, 9.17) is 0 Å². The number of aromatic nitrogens is 4. The minimum atomic E-state index is -3.05. The van der Waals surface area contributed by atoms with Crippen LogP contribution in [0, 0.1) is 0 Å². The lowest BCUT2D eigenvalue weighted by molar-refractivity contribution is 0.598. The highest BCUT2D eigenvalue weighted by molar-refractivity contribution is 7.90. The van der Waals surface area contributed by atoms with E-state index >= 15 is 0 Å². The molecule has 21 heavy (non-hydrogen) atoms. The highest BCUT2D eigenvalue weighted by Crippen LogP contribution is 2.20. The van der Waals surface area contributed by atoms with Crippen LogP contribution in [0.15, 0.2) is 6.20 Å². The van der Waals surface area contributed by atoms with Crippen LogP contribution in [0.3, 0.4) is 0 Å². The topological polar surface area (TPSA) is 113 Å². The van der Waals surface area contributed by atoms with E-state index in [0.29, 0.717) is 17.4 Å². The first-order valence-electron chi connectivity index (χ1n) is 6.78. The van der Waals surface area contributed by atoms with Crippen LogP contribution in [0.2, 0.25) is 0 Å². The van der Waals surface area contributed by atoms with E-state index in [1.54, 1.807) is 13.1 Å². The van der Waals surface area contributed by atoms with Crippen molar-refractivity contribution in [3.8, 4) is 0 Å². The van der Waals surface area contributed by atoms with Crippen LogP contribution in [0.1, 0.15) is 20.3 Å². The Morgan fingerprint density at radius 1 is 1.38 bits per heavy atom. The lowest BCUT2D eigenvalue weighted by Crippen LogP contribution is -2.25. The predicted octanol–water partition coefficient (Wildman–Crippen LogP) is 1.02. The molecule has 1 unspecified atom stereocenters. The normalized spacial score (nSPS) is 13.3. The highest BCUT2D eigenvalue weighted by Gasteiger charge is 2.15. The first kappa shape index (κ1) is 15.5. The van der Waals surface area contributed by atoms with Gasteiger partial charge in [-0.1, -0.05) is 6.92 Å². The SMILES string of the molecule is CCCNc1nc(NC(C)CS(C)(=O)=O)c2cn[nH]c2n1. The van der Waals surface area contributed by atoms with E-state index in [-0.39, 0.29) is 11.8 Å². The zero-order chi connectivity index (χ0) is 15.5. The first-order valence-corrected chi connectivity index (χ1v) is 8.84. The first-order chi connectivity index (χ1) is 9.89. The molecule has 2 rings (SSSR count). The molecule has 0 aliphatic carbocycles. The third-order valence-corrected chi connectivity index (χ3v) is 3.88. The number of sulfone groups is 1. The number of rotatable bonds is 7. The summed E-state index contributed by atoms with van der Waals surface area (Å²) in [4.78, 5) is 8.71. The fourth-order valence-electron chi connectivity index (χ4n) is 1.99. The van der Waals surface area contributed by atoms with Crippen molar-refractivity contribution in [3.63, 3.8) is 0 Å². The fraction of sp³-hybridized carbons (Fsp3) is 0.583. The van der Waals surface area contributed by atoms with Gasteiger partial charge in [0.1, 0.15) is 15.7 Å². The molecule has 0 saturated heterocycles. The van der Waals surface area contributed by atoms with Crippen molar-refractivity contribution in [2.75, 3.05) is 29.2 Å². The number of anilines is 2. The molecular formula is C12H20N6O2S. The maximum absolute atomic E-state index is 11.4. The van der Waals surface area contributed by atoms with Gasteiger partial charge in [-0.25, -0.2) is 8.42 Å². The molecule has 8 nitrogen and oxygen atoms in total. The number of fused-ring (bicyclic) bond motifs is 1. The molecule has 0 amide bonds. The molecule has 2 aromatic rings. The summed E-state index contributed by atoms with van der Waals surface area (Å²) in [5.41, 5.74) is 0.609. The van der Waals surface area contributed by atoms with Gasteiger partial charge < -0.3 is 10.6 Å². The van der Waals surface area contributed by atoms with Gasteiger partial charge in [-0.05, 0) is 13.3 Å². The molecule has 0 aliphatic rings. The Labute approximate surface area is 123 Å². The van der Waals surface area contributed by atoms with Crippen molar-refractivity contribution >= 4 is 32.6 Å². The maximum atomic E-state index is 11.4.